The van der Waals surface area contributed by atoms with E-state index in [0.29, 0.717) is 13.0 Å². The van der Waals surface area contributed by atoms with Crippen molar-refractivity contribution in [1.29, 1.82) is 0 Å². The molecule has 2 aliphatic heterocycles. The third-order valence-corrected chi connectivity index (χ3v) is 6.70. The van der Waals surface area contributed by atoms with Crippen LogP contribution in [0, 0.1) is 5.92 Å². The summed E-state index contributed by atoms with van der Waals surface area (Å²) in [5.74, 6) is -1.78. The number of alkyl halides is 3. The Morgan fingerprint density at radius 3 is 2.45 bits per heavy atom. The zero-order chi connectivity index (χ0) is 23.8. The van der Waals surface area contributed by atoms with E-state index in [1.807, 2.05) is 49.1 Å². The predicted molar refractivity (Wildman–Crippen MR) is 123 cm³/mol. The molecule has 180 valence electrons. The summed E-state index contributed by atoms with van der Waals surface area (Å²) in [6.07, 6.45) is 0.574. The second kappa shape index (κ2) is 9.18. The van der Waals surface area contributed by atoms with E-state index in [4.69, 9.17) is 4.74 Å². The summed E-state index contributed by atoms with van der Waals surface area (Å²) in [5.41, 5.74) is 2.29. The van der Waals surface area contributed by atoms with Crippen molar-refractivity contribution in [3.63, 3.8) is 0 Å². The second-order valence-corrected chi connectivity index (χ2v) is 10.2. The van der Waals surface area contributed by atoms with Gasteiger partial charge in [-0.15, -0.1) is 0 Å². The Balaban J connectivity index is 1.54. The standard InChI is InChI=1S/C26H33F3N2O2/c1-25(2)13-20-12-21(32)6-9-23(20)24(31(25)17-26(3,28)29)19-4-7-22(8-5-19)33-11-10-30-15-18(14-27)16-30/h4-9,12,18,24,32H,10-11,13-17H2,1-3H3/t24-/m1/s1. The van der Waals surface area contributed by atoms with E-state index in [1.165, 1.54) is 0 Å². The van der Waals surface area contributed by atoms with Crippen molar-refractivity contribution in [2.75, 3.05) is 39.5 Å². The maximum Gasteiger partial charge on any atom is 0.257 e. The van der Waals surface area contributed by atoms with Crippen molar-refractivity contribution in [1.82, 2.24) is 9.80 Å². The van der Waals surface area contributed by atoms with Gasteiger partial charge in [0.2, 0.25) is 0 Å². The first-order valence-electron chi connectivity index (χ1n) is 11.5. The molecule has 7 heteroatoms. The normalized spacial score (nSPS) is 21.5. The average Bonchev–Trinajstić information content (AvgIpc) is 2.70. The molecule has 2 aromatic carbocycles. The van der Waals surface area contributed by atoms with Gasteiger partial charge in [0, 0.05) is 38.0 Å². The molecular formula is C26H33F3N2O2. The number of nitrogens with zero attached hydrogens (tertiary/aromatic N) is 2. The predicted octanol–water partition coefficient (Wildman–Crippen LogP) is 5.05. The number of aromatic hydroxyl groups is 1. The van der Waals surface area contributed by atoms with Gasteiger partial charge in [-0.3, -0.25) is 14.2 Å². The zero-order valence-corrected chi connectivity index (χ0v) is 19.5. The number of hydrogen-bond acceptors (Lipinski definition) is 4. The van der Waals surface area contributed by atoms with Gasteiger partial charge in [-0.25, -0.2) is 8.78 Å². The Hall–Kier alpha value is -2.25. The maximum atomic E-state index is 14.2. The minimum atomic E-state index is -2.84. The lowest BCUT2D eigenvalue weighted by Crippen LogP contribution is -2.54. The van der Waals surface area contributed by atoms with Crippen LogP contribution in [0.2, 0.25) is 0 Å². The highest BCUT2D eigenvalue weighted by Crippen LogP contribution is 2.44. The lowest BCUT2D eigenvalue weighted by Gasteiger charge is -2.49. The minimum absolute atomic E-state index is 0.160. The van der Waals surface area contributed by atoms with E-state index >= 15 is 0 Å². The van der Waals surface area contributed by atoms with Crippen LogP contribution < -0.4 is 4.74 Å². The van der Waals surface area contributed by atoms with Gasteiger partial charge in [0.1, 0.15) is 18.1 Å². The topological polar surface area (TPSA) is 35.9 Å². The number of halogens is 3. The Morgan fingerprint density at radius 1 is 1.12 bits per heavy atom. The molecule has 0 radical (unpaired) electrons. The molecule has 0 aromatic heterocycles. The van der Waals surface area contributed by atoms with Crippen LogP contribution in [0.1, 0.15) is 43.5 Å². The van der Waals surface area contributed by atoms with Crippen LogP contribution >= 0.6 is 0 Å². The maximum absolute atomic E-state index is 14.2. The van der Waals surface area contributed by atoms with Crippen LogP contribution in [0.4, 0.5) is 13.2 Å². The van der Waals surface area contributed by atoms with Crippen LogP contribution in [0.15, 0.2) is 42.5 Å². The van der Waals surface area contributed by atoms with Crippen LogP contribution in [-0.4, -0.2) is 65.8 Å². The average molecular weight is 463 g/mol. The smallest absolute Gasteiger partial charge is 0.257 e. The number of likely N-dealkylation sites (tertiary alicyclic amines) is 1. The molecule has 0 spiro atoms. The molecule has 1 saturated heterocycles. The highest BCUT2D eigenvalue weighted by molar-refractivity contribution is 5.45. The van der Waals surface area contributed by atoms with Crippen molar-refractivity contribution in [3.8, 4) is 11.5 Å². The molecule has 2 aromatic rings. The first-order valence-corrected chi connectivity index (χ1v) is 11.5. The van der Waals surface area contributed by atoms with E-state index in [9.17, 15) is 18.3 Å². The van der Waals surface area contributed by atoms with Gasteiger partial charge >= 0.3 is 0 Å². The lowest BCUT2D eigenvalue weighted by molar-refractivity contribution is -0.0581. The summed E-state index contributed by atoms with van der Waals surface area (Å²) in [7, 11) is 0. The molecule has 0 aliphatic carbocycles. The van der Waals surface area contributed by atoms with Crippen LogP contribution in [0.25, 0.3) is 0 Å². The number of phenols is 1. The van der Waals surface area contributed by atoms with E-state index in [1.54, 1.807) is 12.1 Å². The monoisotopic (exact) mass is 462 g/mol. The van der Waals surface area contributed by atoms with Gasteiger partial charge in [0.25, 0.3) is 5.92 Å². The van der Waals surface area contributed by atoms with E-state index in [-0.39, 0.29) is 30.9 Å². The summed E-state index contributed by atoms with van der Waals surface area (Å²) in [6, 6.07) is 12.5. The van der Waals surface area contributed by atoms with E-state index < -0.39 is 11.5 Å². The highest BCUT2D eigenvalue weighted by atomic mass is 19.3. The van der Waals surface area contributed by atoms with Crippen LogP contribution in [0.3, 0.4) is 0 Å². The third kappa shape index (κ3) is 5.46. The van der Waals surface area contributed by atoms with Crippen molar-refractivity contribution < 1.29 is 23.0 Å². The SMILES string of the molecule is CC(F)(F)CN1[C@H](c2ccc(OCCN3CC(CF)C3)cc2)c2ccc(O)cc2CC1(C)C. The number of hydrogen-bond donors (Lipinski definition) is 1. The summed E-state index contributed by atoms with van der Waals surface area (Å²) in [4.78, 5) is 4.03. The molecule has 4 rings (SSSR count). The molecule has 33 heavy (non-hydrogen) atoms. The Bertz CT molecular complexity index is 953. The largest absolute Gasteiger partial charge is 0.508 e. The quantitative estimate of drug-likeness (QED) is 0.595. The number of fused-ring (bicyclic) bond motifs is 1. The van der Waals surface area contributed by atoms with Crippen molar-refractivity contribution >= 4 is 0 Å². The van der Waals surface area contributed by atoms with Crippen molar-refractivity contribution in [2.24, 2.45) is 5.92 Å². The summed E-state index contributed by atoms with van der Waals surface area (Å²) in [6.45, 7) is 7.11. The Labute approximate surface area is 194 Å². The van der Waals surface area contributed by atoms with Crippen molar-refractivity contribution in [2.45, 2.75) is 44.7 Å². The lowest BCUT2D eigenvalue weighted by atomic mass is 9.78. The minimum Gasteiger partial charge on any atom is -0.508 e. The molecular weight excluding hydrogens is 429 g/mol. The van der Waals surface area contributed by atoms with Gasteiger partial charge in [-0.2, -0.15) is 0 Å². The fourth-order valence-corrected chi connectivity index (χ4v) is 5.06. The molecule has 0 bridgehead atoms. The highest BCUT2D eigenvalue weighted by Gasteiger charge is 2.43. The molecule has 0 amide bonds. The molecule has 4 nitrogen and oxygen atoms in total. The van der Waals surface area contributed by atoms with Gasteiger partial charge in [0.05, 0.1) is 19.3 Å². The van der Waals surface area contributed by atoms with Gasteiger partial charge < -0.3 is 9.84 Å². The first kappa shape index (κ1) is 23.9. The third-order valence-electron chi connectivity index (χ3n) is 6.70. The second-order valence-electron chi connectivity index (χ2n) is 10.2. The summed E-state index contributed by atoms with van der Waals surface area (Å²) >= 11 is 0. The zero-order valence-electron chi connectivity index (χ0n) is 19.5. The molecule has 0 unspecified atom stereocenters. The molecule has 2 aliphatic rings. The van der Waals surface area contributed by atoms with Crippen molar-refractivity contribution in [3.05, 3.63) is 59.2 Å². The van der Waals surface area contributed by atoms with E-state index in [0.717, 1.165) is 49.0 Å². The number of phenolic OH excluding ortho intramolecular Hbond substituents is 1. The van der Waals surface area contributed by atoms with Gasteiger partial charge in [0.15, 0.2) is 0 Å². The van der Waals surface area contributed by atoms with Gasteiger partial charge in [-0.05, 0) is 61.2 Å². The van der Waals surface area contributed by atoms with Gasteiger partial charge in [-0.1, -0.05) is 18.2 Å². The molecule has 1 fully saturated rings. The first-order chi connectivity index (χ1) is 15.6. The van der Waals surface area contributed by atoms with E-state index in [2.05, 4.69) is 4.90 Å². The summed E-state index contributed by atoms with van der Waals surface area (Å²) < 4.78 is 46.8. The molecule has 1 N–H and O–H groups in total. The Kier molecular flexibility index (Phi) is 6.65. The Morgan fingerprint density at radius 2 is 1.82 bits per heavy atom. The molecule has 0 saturated carbocycles. The fourth-order valence-electron chi connectivity index (χ4n) is 5.06. The van der Waals surface area contributed by atoms with Crippen LogP contribution in [0.5, 0.6) is 11.5 Å². The number of benzene rings is 2. The number of rotatable bonds is 8. The number of ether oxygens (including phenoxy) is 1. The van der Waals surface area contributed by atoms with Crippen LogP contribution in [-0.2, 0) is 6.42 Å². The fraction of sp³-hybridized carbons (Fsp3) is 0.538. The molecule has 1 atom stereocenters. The summed E-state index contributed by atoms with van der Waals surface area (Å²) in [5, 5.41) is 10.0. The molecule has 2 heterocycles.